The molecule has 0 radical (unpaired) electrons. The fourth-order valence-electron chi connectivity index (χ4n) is 1.13. The molecular formula is C11H13FN2O3. The lowest BCUT2D eigenvalue weighted by Gasteiger charge is -2.05. The van der Waals surface area contributed by atoms with E-state index in [1.165, 1.54) is 19.3 Å². The van der Waals surface area contributed by atoms with Crippen LogP contribution in [0.2, 0.25) is 0 Å². The molecule has 0 spiro atoms. The number of anilines is 1. The number of hydrogen-bond donors (Lipinski definition) is 1. The van der Waals surface area contributed by atoms with Crippen LogP contribution in [0.15, 0.2) is 12.1 Å². The maximum atomic E-state index is 13.2. The topological polar surface area (TPSA) is 74.4 Å². The smallest absolute Gasteiger partial charge is 0.330 e. The van der Waals surface area contributed by atoms with E-state index in [1.54, 1.807) is 6.92 Å². The summed E-state index contributed by atoms with van der Waals surface area (Å²) in [6.07, 6.45) is 2.52. The second kappa shape index (κ2) is 5.83. The van der Waals surface area contributed by atoms with Crippen LogP contribution in [-0.4, -0.2) is 24.7 Å². The van der Waals surface area contributed by atoms with Crippen molar-refractivity contribution in [1.29, 1.82) is 0 Å². The number of pyridine rings is 1. The summed E-state index contributed by atoms with van der Waals surface area (Å²) in [4.78, 5) is 14.8. The summed E-state index contributed by atoms with van der Waals surface area (Å²) >= 11 is 0. The van der Waals surface area contributed by atoms with Crippen molar-refractivity contribution in [3.63, 3.8) is 0 Å². The lowest BCUT2D eigenvalue weighted by molar-refractivity contribution is -0.137. The Morgan fingerprint density at radius 2 is 2.35 bits per heavy atom. The van der Waals surface area contributed by atoms with Gasteiger partial charge in [0.2, 0.25) is 5.88 Å². The summed E-state index contributed by atoms with van der Waals surface area (Å²) in [6.45, 7) is 1.96. The molecule has 6 heteroatoms. The van der Waals surface area contributed by atoms with E-state index < -0.39 is 11.8 Å². The summed E-state index contributed by atoms with van der Waals surface area (Å²) in [5, 5.41) is 0. The SMILES string of the molecule is CCOC(=O)/C=C/c1cc(F)c(N)nc1OC. The summed E-state index contributed by atoms with van der Waals surface area (Å²) in [5.74, 6) is -1.30. The average molecular weight is 240 g/mol. The molecule has 2 N–H and O–H groups in total. The van der Waals surface area contributed by atoms with E-state index in [2.05, 4.69) is 9.72 Å². The molecule has 0 aliphatic rings. The molecule has 0 fully saturated rings. The number of halogens is 1. The quantitative estimate of drug-likeness (QED) is 0.635. The maximum Gasteiger partial charge on any atom is 0.330 e. The van der Waals surface area contributed by atoms with E-state index >= 15 is 0 Å². The zero-order valence-corrected chi connectivity index (χ0v) is 9.57. The van der Waals surface area contributed by atoms with Crippen LogP contribution in [0.25, 0.3) is 6.08 Å². The van der Waals surface area contributed by atoms with Gasteiger partial charge in [-0.2, -0.15) is 4.98 Å². The molecule has 0 amide bonds. The molecule has 0 aliphatic heterocycles. The summed E-state index contributed by atoms with van der Waals surface area (Å²) in [5.41, 5.74) is 5.60. The Morgan fingerprint density at radius 1 is 1.65 bits per heavy atom. The van der Waals surface area contributed by atoms with Gasteiger partial charge in [0.05, 0.1) is 13.7 Å². The van der Waals surface area contributed by atoms with Gasteiger partial charge >= 0.3 is 5.97 Å². The zero-order chi connectivity index (χ0) is 12.8. The minimum Gasteiger partial charge on any atom is -0.481 e. The van der Waals surface area contributed by atoms with Crippen molar-refractivity contribution in [2.75, 3.05) is 19.5 Å². The number of aromatic nitrogens is 1. The second-order valence-electron chi connectivity index (χ2n) is 3.04. The largest absolute Gasteiger partial charge is 0.481 e. The summed E-state index contributed by atoms with van der Waals surface area (Å²) in [7, 11) is 1.38. The van der Waals surface area contributed by atoms with Crippen molar-refractivity contribution in [2.45, 2.75) is 6.92 Å². The van der Waals surface area contributed by atoms with Crippen LogP contribution < -0.4 is 10.5 Å². The molecule has 92 valence electrons. The number of nitrogens with zero attached hydrogens (tertiary/aromatic N) is 1. The number of esters is 1. The minimum absolute atomic E-state index is 0.143. The van der Waals surface area contributed by atoms with Crippen molar-refractivity contribution >= 4 is 17.9 Å². The van der Waals surface area contributed by atoms with Gasteiger partial charge in [0.1, 0.15) is 0 Å². The molecular weight excluding hydrogens is 227 g/mol. The molecule has 0 atom stereocenters. The van der Waals surface area contributed by atoms with Gasteiger partial charge in [-0.1, -0.05) is 0 Å². The lowest BCUT2D eigenvalue weighted by Crippen LogP contribution is -2.01. The van der Waals surface area contributed by atoms with Crippen molar-refractivity contribution in [1.82, 2.24) is 4.98 Å². The Balaban J connectivity index is 2.97. The molecule has 0 saturated heterocycles. The van der Waals surface area contributed by atoms with Crippen molar-refractivity contribution < 1.29 is 18.7 Å². The normalized spacial score (nSPS) is 10.5. The standard InChI is InChI=1S/C11H13FN2O3/c1-3-17-9(15)5-4-7-6-8(12)10(13)14-11(7)16-2/h4-6H,3H2,1-2H3,(H2,13,14)/b5-4+. The summed E-state index contributed by atoms with van der Waals surface area (Å²) in [6, 6.07) is 1.14. The van der Waals surface area contributed by atoms with E-state index in [4.69, 9.17) is 10.5 Å². The van der Waals surface area contributed by atoms with Crippen LogP contribution in [0, 0.1) is 5.82 Å². The molecule has 1 aromatic rings. The minimum atomic E-state index is -0.672. The number of nitrogen functional groups attached to an aromatic ring is 1. The molecule has 0 unspecified atom stereocenters. The lowest BCUT2D eigenvalue weighted by atomic mass is 10.2. The van der Waals surface area contributed by atoms with E-state index in [-0.39, 0.29) is 18.3 Å². The second-order valence-corrected chi connectivity index (χ2v) is 3.04. The molecule has 1 heterocycles. The Morgan fingerprint density at radius 3 is 2.94 bits per heavy atom. The number of methoxy groups -OCH3 is 1. The average Bonchev–Trinajstić information content (AvgIpc) is 2.30. The van der Waals surface area contributed by atoms with Crippen LogP contribution in [0.1, 0.15) is 12.5 Å². The predicted molar refractivity (Wildman–Crippen MR) is 60.8 cm³/mol. The highest BCUT2D eigenvalue weighted by Crippen LogP contribution is 2.21. The van der Waals surface area contributed by atoms with E-state index in [1.807, 2.05) is 0 Å². The fraction of sp³-hybridized carbons (Fsp3) is 0.273. The summed E-state index contributed by atoms with van der Waals surface area (Å²) < 4.78 is 22.8. The third-order valence-electron chi connectivity index (χ3n) is 1.87. The van der Waals surface area contributed by atoms with E-state index in [0.717, 1.165) is 6.07 Å². The first-order valence-corrected chi connectivity index (χ1v) is 4.93. The Labute approximate surface area is 98.0 Å². The predicted octanol–water partition coefficient (Wildman–Crippen LogP) is 1.39. The Kier molecular flexibility index (Phi) is 4.45. The molecule has 1 aromatic heterocycles. The third kappa shape index (κ3) is 3.44. The number of carbonyl (C=O) groups is 1. The molecule has 1 rings (SSSR count). The number of carbonyl (C=O) groups excluding carboxylic acids is 1. The van der Waals surface area contributed by atoms with E-state index in [9.17, 15) is 9.18 Å². The van der Waals surface area contributed by atoms with Crippen LogP contribution in [0.5, 0.6) is 5.88 Å². The van der Waals surface area contributed by atoms with Gasteiger partial charge in [-0.3, -0.25) is 0 Å². The number of nitrogens with two attached hydrogens (primary N) is 1. The molecule has 5 nitrogen and oxygen atoms in total. The third-order valence-corrected chi connectivity index (χ3v) is 1.87. The maximum absolute atomic E-state index is 13.2. The highest BCUT2D eigenvalue weighted by molar-refractivity contribution is 5.87. The fourth-order valence-corrected chi connectivity index (χ4v) is 1.13. The van der Waals surface area contributed by atoms with Crippen molar-refractivity contribution in [2.24, 2.45) is 0 Å². The Hall–Kier alpha value is -2.11. The zero-order valence-electron chi connectivity index (χ0n) is 9.57. The van der Waals surface area contributed by atoms with Gasteiger partial charge in [-0.05, 0) is 19.1 Å². The van der Waals surface area contributed by atoms with Crippen molar-refractivity contribution in [3.8, 4) is 5.88 Å². The van der Waals surface area contributed by atoms with Crippen LogP contribution in [-0.2, 0) is 9.53 Å². The van der Waals surface area contributed by atoms with Gasteiger partial charge in [0, 0.05) is 11.6 Å². The van der Waals surface area contributed by atoms with Crippen LogP contribution in [0.3, 0.4) is 0 Å². The van der Waals surface area contributed by atoms with Crippen LogP contribution in [0.4, 0.5) is 10.2 Å². The van der Waals surface area contributed by atoms with Crippen molar-refractivity contribution in [3.05, 3.63) is 23.5 Å². The molecule has 0 aliphatic carbocycles. The number of ether oxygens (including phenoxy) is 2. The molecule has 0 aromatic carbocycles. The molecule has 0 saturated carbocycles. The monoisotopic (exact) mass is 240 g/mol. The first-order chi connectivity index (χ1) is 8.08. The first-order valence-electron chi connectivity index (χ1n) is 4.93. The van der Waals surface area contributed by atoms with Crippen LogP contribution >= 0.6 is 0 Å². The Bertz CT molecular complexity index is 447. The van der Waals surface area contributed by atoms with Gasteiger partial charge < -0.3 is 15.2 Å². The van der Waals surface area contributed by atoms with Gasteiger partial charge in [-0.15, -0.1) is 0 Å². The highest BCUT2D eigenvalue weighted by Gasteiger charge is 2.08. The highest BCUT2D eigenvalue weighted by atomic mass is 19.1. The van der Waals surface area contributed by atoms with Gasteiger partial charge in [0.15, 0.2) is 11.6 Å². The number of hydrogen-bond acceptors (Lipinski definition) is 5. The van der Waals surface area contributed by atoms with E-state index in [0.29, 0.717) is 5.56 Å². The van der Waals surface area contributed by atoms with Gasteiger partial charge in [0.25, 0.3) is 0 Å². The molecule has 17 heavy (non-hydrogen) atoms. The first kappa shape index (κ1) is 13.0. The van der Waals surface area contributed by atoms with Gasteiger partial charge in [-0.25, -0.2) is 9.18 Å². The number of rotatable bonds is 4. The molecule has 0 bridgehead atoms.